The van der Waals surface area contributed by atoms with Crippen molar-refractivity contribution in [1.29, 1.82) is 0 Å². The van der Waals surface area contributed by atoms with Crippen molar-refractivity contribution in [3.05, 3.63) is 52.6 Å². The van der Waals surface area contributed by atoms with Gasteiger partial charge in [0.1, 0.15) is 0 Å². The SMILES string of the molecule is CC(C)(C)c1nc(CSc2ccnc3ccccc23)cs1. The Hall–Kier alpha value is -1.39. The molecule has 2 nitrogen and oxygen atoms in total. The van der Waals surface area contributed by atoms with E-state index < -0.39 is 0 Å². The lowest BCUT2D eigenvalue weighted by Gasteiger charge is -2.13. The molecular formula is C17H18N2S2. The Morgan fingerprint density at radius 2 is 1.95 bits per heavy atom. The minimum Gasteiger partial charge on any atom is -0.256 e. The second-order valence-corrected chi connectivity index (χ2v) is 7.88. The Kier molecular flexibility index (Phi) is 4.00. The van der Waals surface area contributed by atoms with Gasteiger partial charge in [0.25, 0.3) is 0 Å². The summed E-state index contributed by atoms with van der Waals surface area (Å²) >= 11 is 3.59. The summed E-state index contributed by atoms with van der Waals surface area (Å²) in [6.07, 6.45) is 1.88. The Morgan fingerprint density at radius 1 is 1.14 bits per heavy atom. The third-order valence-electron chi connectivity index (χ3n) is 3.18. The van der Waals surface area contributed by atoms with E-state index in [1.54, 1.807) is 11.3 Å². The Balaban J connectivity index is 1.79. The fourth-order valence-corrected chi connectivity index (χ4v) is 4.01. The van der Waals surface area contributed by atoms with Crippen molar-refractivity contribution >= 4 is 34.0 Å². The van der Waals surface area contributed by atoms with E-state index in [4.69, 9.17) is 4.98 Å². The van der Waals surface area contributed by atoms with Gasteiger partial charge in [-0.05, 0) is 12.1 Å². The molecular weight excluding hydrogens is 296 g/mol. The molecule has 0 N–H and O–H groups in total. The van der Waals surface area contributed by atoms with Crippen LogP contribution in [0.3, 0.4) is 0 Å². The largest absolute Gasteiger partial charge is 0.256 e. The van der Waals surface area contributed by atoms with Crippen molar-refractivity contribution < 1.29 is 0 Å². The summed E-state index contributed by atoms with van der Waals surface area (Å²) in [6.45, 7) is 6.62. The molecule has 0 saturated carbocycles. The fourth-order valence-electron chi connectivity index (χ4n) is 2.06. The molecule has 0 atom stereocenters. The maximum atomic E-state index is 4.76. The van der Waals surface area contributed by atoms with E-state index in [9.17, 15) is 0 Å². The van der Waals surface area contributed by atoms with E-state index in [1.165, 1.54) is 15.3 Å². The molecule has 2 aromatic heterocycles. The van der Waals surface area contributed by atoms with Crippen molar-refractivity contribution in [3.63, 3.8) is 0 Å². The normalized spacial score (nSPS) is 12.0. The van der Waals surface area contributed by atoms with Gasteiger partial charge < -0.3 is 0 Å². The van der Waals surface area contributed by atoms with Gasteiger partial charge in [0.2, 0.25) is 0 Å². The third kappa shape index (κ3) is 3.27. The van der Waals surface area contributed by atoms with E-state index in [-0.39, 0.29) is 5.41 Å². The summed E-state index contributed by atoms with van der Waals surface area (Å²) in [5, 5.41) is 4.60. The average molecular weight is 314 g/mol. The van der Waals surface area contributed by atoms with Gasteiger partial charge in [-0.25, -0.2) is 4.98 Å². The highest BCUT2D eigenvalue weighted by Gasteiger charge is 2.18. The number of benzene rings is 1. The van der Waals surface area contributed by atoms with E-state index >= 15 is 0 Å². The van der Waals surface area contributed by atoms with E-state index in [0.29, 0.717) is 0 Å². The van der Waals surface area contributed by atoms with E-state index in [2.05, 4.69) is 55.4 Å². The van der Waals surface area contributed by atoms with E-state index in [1.807, 2.05) is 24.0 Å². The molecule has 4 heteroatoms. The molecule has 0 fully saturated rings. The number of hydrogen-bond donors (Lipinski definition) is 0. The van der Waals surface area contributed by atoms with Crippen LogP contribution in [0, 0.1) is 0 Å². The van der Waals surface area contributed by atoms with Crippen LogP contribution in [0.15, 0.2) is 46.8 Å². The first kappa shape index (κ1) is 14.5. The second-order valence-electron chi connectivity index (χ2n) is 6.01. The first-order valence-corrected chi connectivity index (χ1v) is 8.82. The maximum absolute atomic E-state index is 4.76. The summed E-state index contributed by atoms with van der Waals surface area (Å²) in [5.74, 6) is 0.903. The number of rotatable bonds is 3. The predicted molar refractivity (Wildman–Crippen MR) is 92.1 cm³/mol. The lowest BCUT2D eigenvalue weighted by molar-refractivity contribution is 0.584. The standard InChI is InChI=1S/C17H18N2S2/c1-17(2,3)16-19-12(11-21-16)10-20-15-8-9-18-14-7-5-4-6-13(14)15/h4-9,11H,10H2,1-3H3. The lowest BCUT2D eigenvalue weighted by Crippen LogP contribution is -2.10. The molecule has 0 bridgehead atoms. The number of pyridine rings is 1. The average Bonchev–Trinajstić information content (AvgIpc) is 2.94. The number of thiazole rings is 1. The minimum absolute atomic E-state index is 0.136. The van der Waals surface area contributed by atoms with Crippen molar-refractivity contribution in [2.24, 2.45) is 0 Å². The van der Waals surface area contributed by atoms with Crippen molar-refractivity contribution in [1.82, 2.24) is 9.97 Å². The van der Waals surface area contributed by atoms with Crippen LogP contribution < -0.4 is 0 Å². The summed E-state index contributed by atoms with van der Waals surface area (Å²) in [4.78, 5) is 10.4. The topological polar surface area (TPSA) is 25.8 Å². The maximum Gasteiger partial charge on any atom is 0.0982 e. The number of hydrogen-bond acceptors (Lipinski definition) is 4. The Labute approximate surface area is 133 Å². The summed E-state index contributed by atoms with van der Waals surface area (Å²) in [6, 6.07) is 10.4. The molecule has 3 aromatic rings. The molecule has 2 heterocycles. The van der Waals surface area contributed by atoms with Gasteiger partial charge in [-0.1, -0.05) is 39.0 Å². The summed E-state index contributed by atoms with van der Waals surface area (Å²) in [5.41, 5.74) is 2.35. The van der Waals surface area contributed by atoms with Crippen molar-refractivity contribution in [2.75, 3.05) is 0 Å². The van der Waals surface area contributed by atoms with Crippen LogP contribution in [0.1, 0.15) is 31.5 Å². The van der Waals surface area contributed by atoms with Gasteiger partial charge in [-0.15, -0.1) is 23.1 Å². The van der Waals surface area contributed by atoms with Crippen LogP contribution in [-0.4, -0.2) is 9.97 Å². The zero-order chi connectivity index (χ0) is 14.9. The van der Waals surface area contributed by atoms with Gasteiger partial charge in [-0.2, -0.15) is 0 Å². The highest BCUT2D eigenvalue weighted by molar-refractivity contribution is 7.98. The summed E-state index contributed by atoms with van der Waals surface area (Å²) < 4.78 is 0. The van der Waals surface area contributed by atoms with E-state index in [0.717, 1.165) is 17.0 Å². The minimum atomic E-state index is 0.136. The second kappa shape index (κ2) is 5.78. The highest BCUT2D eigenvalue weighted by atomic mass is 32.2. The zero-order valence-electron chi connectivity index (χ0n) is 12.5. The first-order chi connectivity index (χ1) is 10.0. The number of para-hydroxylation sites is 1. The number of nitrogens with zero attached hydrogens (tertiary/aromatic N) is 2. The number of aromatic nitrogens is 2. The molecule has 0 unspecified atom stereocenters. The number of thioether (sulfide) groups is 1. The molecule has 0 amide bonds. The van der Waals surface area contributed by atoms with Gasteiger partial charge in [0.15, 0.2) is 0 Å². The molecule has 0 aliphatic carbocycles. The molecule has 0 aliphatic heterocycles. The molecule has 0 aliphatic rings. The van der Waals surface area contributed by atoms with Crippen LogP contribution in [0.5, 0.6) is 0 Å². The molecule has 21 heavy (non-hydrogen) atoms. The van der Waals surface area contributed by atoms with Crippen LogP contribution in [-0.2, 0) is 11.2 Å². The smallest absolute Gasteiger partial charge is 0.0982 e. The fraction of sp³-hybridized carbons (Fsp3) is 0.294. The zero-order valence-corrected chi connectivity index (χ0v) is 14.1. The van der Waals surface area contributed by atoms with Crippen LogP contribution >= 0.6 is 23.1 Å². The van der Waals surface area contributed by atoms with Crippen LogP contribution in [0.25, 0.3) is 10.9 Å². The van der Waals surface area contributed by atoms with Crippen LogP contribution in [0.4, 0.5) is 0 Å². The molecule has 3 rings (SSSR count). The molecule has 1 aromatic carbocycles. The van der Waals surface area contributed by atoms with Gasteiger partial charge in [0.05, 0.1) is 16.2 Å². The summed E-state index contributed by atoms with van der Waals surface area (Å²) in [7, 11) is 0. The molecule has 0 saturated heterocycles. The van der Waals surface area contributed by atoms with Gasteiger partial charge in [-0.3, -0.25) is 4.98 Å². The van der Waals surface area contributed by atoms with Crippen molar-refractivity contribution in [2.45, 2.75) is 36.8 Å². The van der Waals surface area contributed by atoms with Gasteiger partial charge >= 0.3 is 0 Å². The van der Waals surface area contributed by atoms with Crippen LogP contribution in [0.2, 0.25) is 0 Å². The molecule has 108 valence electrons. The monoisotopic (exact) mass is 314 g/mol. The third-order valence-corrected chi connectivity index (χ3v) is 5.60. The Morgan fingerprint density at radius 3 is 2.71 bits per heavy atom. The quantitative estimate of drug-likeness (QED) is 0.615. The predicted octanol–water partition coefficient (Wildman–Crippen LogP) is 5.28. The lowest BCUT2D eigenvalue weighted by atomic mass is 9.98. The number of fused-ring (bicyclic) bond motifs is 1. The van der Waals surface area contributed by atoms with Gasteiger partial charge in [0, 0.05) is 33.0 Å². The highest BCUT2D eigenvalue weighted by Crippen LogP contribution is 2.31. The molecule has 0 radical (unpaired) electrons. The van der Waals surface area contributed by atoms with Crippen molar-refractivity contribution in [3.8, 4) is 0 Å². The Bertz CT molecular complexity index is 751. The first-order valence-electron chi connectivity index (χ1n) is 6.95. The molecule has 0 spiro atoms.